The van der Waals surface area contributed by atoms with Crippen LogP contribution in [0.15, 0.2) is 66.0 Å². The first-order valence-corrected chi connectivity index (χ1v) is 6.80. The lowest BCUT2D eigenvalue weighted by Gasteiger charge is -2.15. The van der Waals surface area contributed by atoms with Crippen molar-refractivity contribution in [2.45, 2.75) is 34.6 Å². The highest BCUT2D eigenvalue weighted by Gasteiger charge is 2.08. The van der Waals surface area contributed by atoms with Gasteiger partial charge in [-0.15, -0.1) is 0 Å². The smallest absolute Gasteiger partial charge is 0.133 e. The van der Waals surface area contributed by atoms with Gasteiger partial charge in [-0.05, 0) is 63.0 Å². The Morgan fingerprint density at radius 2 is 1.60 bits per heavy atom. The summed E-state index contributed by atoms with van der Waals surface area (Å²) >= 11 is 0. The molecule has 0 aliphatic carbocycles. The average Bonchev–Trinajstić information content (AvgIpc) is 2.36. The van der Waals surface area contributed by atoms with Gasteiger partial charge in [0.15, 0.2) is 0 Å². The molecule has 0 fully saturated rings. The van der Waals surface area contributed by atoms with E-state index in [-0.39, 0.29) is 0 Å². The van der Waals surface area contributed by atoms with Gasteiger partial charge in [0, 0.05) is 0 Å². The summed E-state index contributed by atoms with van der Waals surface area (Å²) in [5.74, 6) is 1.68. The molecule has 0 amide bonds. The lowest BCUT2D eigenvalue weighted by Crippen LogP contribution is -2.01. The maximum atomic E-state index is 6.10. The zero-order valence-corrected chi connectivity index (χ0v) is 13.2. The number of hydrogen-bond acceptors (Lipinski definition) is 1. The molecule has 0 aliphatic heterocycles. The average molecular weight is 268 g/mol. The Labute approximate surface area is 123 Å². The molecule has 1 heteroatoms. The van der Waals surface area contributed by atoms with Gasteiger partial charge in [0.2, 0.25) is 0 Å². The maximum absolute atomic E-state index is 6.10. The van der Waals surface area contributed by atoms with Gasteiger partial charge >= 0.3 is 0 Å². The second kappa shape index (κ2) is 6.95. The Morgan fingerprint density at radius 1 is 1.05 bits per heavy atom. The first-order chi connectivity index (χ1) is 9.36. The lowest BCUT2D eigenvalue weighted by atomic mass is 10.1. The van der Waals surface area contributed by atoms with Crippen LogP contribution in [0.1, 0.15) is 31.9 Å². The van der Waals surface area contributed by atoms with E-state index in [1.807, 2.05) is 65.0 Å². The van der Waals surface area contributed by atoms with Crippen molar-refractivity contribution in [2.24, 2.45) is 0 Å². The van der Waals surface area contributed by atoms with Crippen LogP contribution in [0.4, 0.5) is 0 Å². The molecule has 0 unspecified atom stereocenters. The number of benzene rings is 1. The summed E-state index contributed by atoms with van der Waals surface area (Å²) < 4.78 is 6.10. The Hall–Kier alpha value is -2.02. The summed E-state index contributed by atoms with van der Waals surface area (Å²) in [5.41, 5.74) is 5.21. The maximum Gasteiger partial charge on any atom is 0.133 e. The van der Waals surface area contributed by atoms with E-state index in [4.69, 9.17) is 4.74 Å². The minimum absolute atomic E-state index is 0.776. The Kier molecular flexibility index (Phi) is 5.57. The summed E-state index contributed by atoms with van der Waals surface area (Å²) in [6, 6.07) is 6.13. The van der Waals surface area contributed by atoms with Gasteiger partial charge in [-0.1, -0.05) is 43.0 Å². The van der Waals surface area contributed by atoms with Crippen LogP contribution in [0.2, 0.25) is 0 Å². The van der Waals surface area contributed by atoms with Crippen molar-refractivity contribution in [3.05, 3.63) is 77.1 Å². The standard InChI is InChI=1S/C19H24O/c1-8-17(13(2)3)12-18(14(4)5)20-19-15(6)10-9-11-16(19)7/h8-12H,2,4H2,1,3,5-7H3/b17-8-,18-12+. The number of aryl methyl sites for hydroxylation is 2. The molecule has 1 aromatic rings. The van der Waals surface area contributed by atoms with E-state index < -0.39 is 0 Å². The predicted molar refractivity (Wildman–Crippen MR) is 88.0 cm³/mol. The number of rotatable bonds is 5. The monoisotopic (exact) mass is 268 g/mol. The van der Waals surface area contributed by atoms with Crippen LogP contribution >= 0.6 is 0 Å². The molecule has 20 heavy (non-hydrogen) atoms. The van der Waals surface area contributed by atoms with Crippen molar-refractivity contribution in [1.29, 1.82) is 0 Å². The number of para-hydroxylation sites is 1. The summed E-state index contributed by atoms with van der Waals surface area (Å²) in [6.07, 6.45) is 4.02. The minimum Gasteiger partial charge on any atom is -0.457 e. The molecule has 1 aromatic carbocycles. The van der Waals surface area contributed by atoms with Crippen molar-refractivity contribution >= 4 is 0 Å². The normalized spacial score (nSPS) is 12.2. The van der Waals surface area contributed by atoms with Crippen molar-refractivity contribution in [2.75, 3.05) is 0 Å². The Bertz CT molecular complexity index is 566. The van der Waals surface area contributed by atoms with E-state index in [2.05, 4.69) is 13.2 Å². The quantitative estimate of drug-likeness (QED) is 0.494. The van der Waals surface area contributed by atoms with Crippen LogP contribution < -0.4 is 4.74 Å². The van der Waals surface area contributed by atoms with Gasteiger partial charge in [-0.25, -0.2) is 0 Å². The summed E-state index contributed by atoms with van der Waals surface area (Å²) in [4.78, 5) is 0. The number of ether oxygens (including phenoxy) is 1. The molecule has 1 rings (SSSR count). The van der Waals surface area contributed by atoms with Crippen LogP contribution in [0.3, 0.4) is 0 Å². The van der Waals surface area contributed by atoms with Crippen molar-refractivity contribution in [3.8, 4) is 5.75 Å². The highest BCUT2D eigenvalue weighted by Crippen LogP contribution is 2.27. The molecular weight excluding hydrogens is 244 g/mol. The predicted octanol–water partition coefficient (Wildman–Crippen LogP) is 5.66. The molecule has 0 heterocycles. The molecule has 0 bridgehead atoms. The largest absolute Gasteiger partial charge is 0.457 e. The highest BCUT2D eigenvalue weighted by molar-refractivity contribution is 5.46. The van der Waals surface area contributed by atoms with Gasteiger partial charge < -0.3 is 4.74 Å². The highest BCUT2D eigenvalue weighted by atomic mass is 16.5. The topological polar surface area (TPSA) is 9.23 Å². The van der Waals surface area contributed by atoms with Gasteiger partial charge in [0.1, 0.15) is 11.5 Å². The lowest BCUT2D eigenvalue weighted by molar-refractivity contribution is 0.430. The first kappa shape index (κ1) is 16.0. The summed E-state index contributed by atoms with van der Waals surface area (Å²) in [5, 5.41) is 0. The minimum atomic E-state index is 0.776. The number of allylic oxidation sites excluding steroid dienone is 5. The molecular formula is C19H24O. The fourth-order valence-corrected chi connectivity index (χ4v) is 1.90. The second-order valence-corrected chi connectivity index (χ2v) is 5.14. The van der Waals surface area contributed by atoms with Crippen LogP contribution in [0.5, 0.6) is 5.75 Å². The van der Waals surface area contributed by atoms with E-state index in [1.54, 1.807) is 0 Å². The van der Waals surface area contributed by atoms with Crippen molar-refractivity contribution in [3.63, 3.8) is 0 Å². The van der Waals surface area contributed by atoms with Crippen LogP contribution in [0, 0.1) is 13.8 Å². The fraction of sp³-hybridized carbons (Fsp3) is 0.263. The molecule has 0 saturated carbocycles. The molecule has 0 spiro atoms. The third kappa shape index (κ3) is 3.99. The van der Waals surface area contributed by atoms with Crippen molar-refractivity contribution in [1.82, 2.24) is 0 Å². The molecule has 0 aliphatic rings. The Balaban J connectivity index is 3.21. The van der Waals surface area contributed by atoms with E-state index in [9.17, 15) is 0 Å². The van der Waals surface area contributed by atoms with Crippen LogP contribution in [0.25, 0.3) is 0 Å². The van der Waals surface area contributed by atoms with Gasteiger partial charge in [0.25, 0.3) is 0 Å². The van der Waals surface area contributed by atoms with E-state index in [0.717, 1.165) is 39.4 Å². The molecule has 0 radical (unpaired) electrons. The molecule has 1 nitrogen and oxygen atoms in total. The van der Waals surface area contributed by atoms with E-state index in [1.165, 1.54) is 0 Å². The second-order valence-electron chi connectivity index (χ2n) is 5.14. The molecule has 106 valence electrons. The van der Waals surface area contributed by atoms with E-state index in [0.29, 0.717) is 0 Å². The van der Waals surface area contributed by atoms with Crippen molar-refractivity contribution < 1.29 is 4.74 Å². The molecule has 0 N–H and O–H groups in total. The summed E-state index contributed by atoms with van der Waals surface area (Å²) in [6.45, 7) is 18.0. The molecule has 0 aromatic heterocycles. The van der Waals surface area contributed by atoms with Crippen LogP contribution in [-0.2, 0) is 0 Å². The first-order valence-electron chi connectivity index (χ1n) is 6.80. The fourth-order valence-electron chi connectivity index (χ4n) is 1.90. The van der Waals surface area contributed by atoms with Crippen LogP contribution in [-0.4, -0.2) is 0 Å². The van der Waals surface area contributed by atoms with Gasteiger partial charge in [0.05, 0.1) is 0 Å². The van der Waals surface area contributed by atoms with Gasteiger partial charge in [-0.2, -0.15) is 0 Å². The Morgan fingerprint density at radius 3 is 2.00 bits per heavy atom. The third-order valence-corrected chi connectivity index (χ3v) is 3.13. The SMILES string of the molecule is C=C(C)C(=C\C)/C=C(/Oc1c(C)cccc1C)C(=C)C. The zero-order chi connectivity index (χ0) is 15.3. The number of hydrogen-bond donors (Lipinski definition) is 0. The third-order valence-electron chi connectivity index (χ3n) is 3.13. The zero-order valence-electron chi connectivity index (χ0n) is 13.2. The molecule has 0 saturated heterocycles. The van der Waals surface area contributed by atoms with E-state index >= 15 is 0 Å². The molecule has 0 atom stereocenters. The summed E-state index contributed by atoms with van der Waals surface area (Å²) in [7, 11) is 0. The van der Waals surface area contributed by atoms with Gasteiger partial charge in [-0.3, -0.25) is 0 Å².